The molecule has 2 aromatic rings. The van der Waals surface area contributed by atoms with Gasteiger partial charge in [-0.05, 0) is 28.1 Å². The van der Waals surface area contributed by atoms with Gasteiger partial charge in [-0.3, -0.25) is 0 Å². The molecule has 0 radical (unpaired) electrons. The lowest BCUT2D eigenvalue weighted by atomic mass is 10.1. The quantitative estimate of drug-likeness (QED) is 0.941. The Morgan fingerprint density at radius 3 is 2.88 bits per heavy atom. The highest BCUT2D eigenvalue weighted by Crippen LogP contribution is 2.34. The van der Waals surface area contributed by atoms with Gasteiger partial charge >= 0.3 is 0 Å². The van der Waals surface area contributed by atoms with Crippen LogP contribution in [-0.2, 0) is 6.61 Å². The largest absolute Gasteiger partial charge is 0.496 e. The Bertz CT molecular complexity index is 496. The first-order chi connectivity index (χ1) is 7.77. The number of aliphatic hydroxyl groups excluding tert-OH is 1. The Kier molecular flexibility index (Phi) is 3.26. The molecule has 1 aromatic heterocycles. The molecule has 5 heteroatoms. The van der Waals surface area contributed by atoms with Crippen molar-refractivity contribution in [1.82, 2.24) is 5.16 Å². The Morgan fingerprint density at radius 2 is 2.19 bits per heavy atom. The van der Waals surface area contributed by atoms with Gasteiger partial charge in [0, 0.05) is 5.56 Å². The van der Waals surface area contributed by atoms with Crippen LogP contribution in [0.4, 0.5) is 0 Å². The lowest BCUT2D eigenvalue weighted by Crippen LogP contribution is -1.91. The molecule has 0 saturated carbocycles. The highest BCUT2D eigenvalue weighted by atomic mass is 79.9. The van der Waals surface area contributed by atoms with Gasteiger partial charge in [0.05, 0.1) is 19.3 Å². The average molecular weight is 284 g/mol. The molecular formula is C11H10BrNO3. The third-order valence-electron chi connectivity index (χ3n) is 2.26. The van der Waals surface area contributed by atoms with Gasteiger partial charge < -0.3 is 14.4 Å². The van der Waals surface area contributed by atoms with E-state index in [-0.39, 0.29) is 6.61 Å². The second-order valence-corrected chi connectivity index (χ2v) is 3.86. The molecule has 0 aliphatic heterocycles. The van der Waals surface area contributed by atoms with Crippen LogP contribution in [0.2, 0.25) is 0 Å². The summed E-state index contributed by atoms with van der Waals surface area (Å²) >= 11 is 3.19. The minimum atomic E-state index is -0.141. The van der Waals surface area contributed by atoms with Crippen LogP contribution in [-0.4, -0.2) is 17.4 Å². The number of hydrogen-bond donors (Lipinski definition) is 1. The topological polar surface area (TPSA) is 55.5 Å². The zero-order valence-electron chi connectivity index (χ0n) is 8.61. The molecule has 0 spiro atoms. The van der Waals surface area contributed by atoms with Gasteiger partial charge in [0.25, 0.3) is 0 Å². The fourth-order valence-electron chi connectivity index (χ4n) is 1.48. The molecule has 16 heavy (non-hydrogen) atoms. The minimum Gasteiger partial charge on any atom is -0.496 e. The number of benzene rings is 1. The molecule has 1 N–H and O–H groups in total. The number of ether oxygens (including phenoxy) is 1. The van der Waals surface area contributed by atoms with Crippen molar-refractivity contribution < 1.29 is 14.4 Å². The second-order valence-electron chi connectivity index (χ2n) is 3.14. The van der Waals surface area contributed by atoms with Gasteiger partial charge in [-0.2, -0.15) is 0 Å². The van der Waals surface area contributed by atoms with Crippen LogP contribution in [0.15, 0.2) is 33.5 Å². The lowest BCUT2D eigenvalue weighted by molar-refractivity contribution is 0.278. The first-order valence-corrected chi connectivity index (χ1v) is 5.45. The molecule has 2 rings (SSSR count). The molecule has 0 amide bonds. The number of aliphatic hydroxyl groups is 1. The number of halogens is 1. The van der Waals surface area contributed by atoms with Crippen molar-refractivity contribution in [2.45, 2.75) is 6.61 Å². The van der Waals surface area contributed by atoms with Crippen LogP contribution in [0, 0.1) is 0 Å². The van der Waals surface area contributed by atoms with Crippen LogP contribution in [0.1, 0.15) is 5.56 Å². The summed E-state index contributed by atoms with van der Waals surface area (Å²) in [5, 5.41) is 13.1. The number of para-hydroxylation sites is 1. The summed E-state index contributed by atoms with van der Waals surface area (Å²) in [4.78, 5) is 0. The number of methoxy groups -OCH3 is 1. The molecule has 1 aromatic carbocycles. The molecule has 84 valence electrons. The van der Waals surface area contributed by atoms with E-state index in [1.165, 1.54) is 0 Å². The first kappa shape index (κ1) is 11.2. The molecule has 0 aliphatic rings. The molecule has 0 atom stereocenters. The Balaban J connectivity index is 2.58. The zero-order chi connectivity index (χ0) is 11.5. The fourth-order valence-corrected chi connectivity index (χ4v) is 1.86. The summed E-state index contributed by atoms with van der Waals surface area (Å²) in [5.41, 5.74) is 2.00. The van der Waals surface area contributed by atoms with Crippen molar-refractivity contribution in [3.63, 3.8) is 0 Å². The lowest BCUT2D eigenvalue weighted by Gasteiger charge is -2.05. The fraction of sp³-hybridized carbons (Fsp3) is 0.182. The van der Waals surface area contributed by atoms with Crippen molar-refractivity contribution in [3.05, 3.63) is 34.5 Å². The second kappa shape index (κ2) is 4.67. The third-order valence-corrected chi connectivity index (χ3v) is 2.88. The average Bonchev–Trinajstić information content (AvgIpc) is 2.70. The van der Waals surface area contributed by atoms with E-state index in [2.05, 4.69) is 21.1 Å². The van der Waals surface area contributed by atoms with Crippen LogP contribution in [0.5, 0.6) is 5.75 Å². The number of hydrogen-bond acceptors (Lipinski definition) is 4. The van der Waals surface area contributed by atoms with Gasteiger partial charge in [-0.15, -0.1) is 0 Å². The SMILES string of the molecule is COc1ccccc1-c1noc(Br)c1CO. The molecule has 0 saturated heterocycles. The van der Waals surface area contributed by atoms with Gasteiger partial charge in [0.2, 0.25) is 4.67 Å². The minimum absolute atomic E-state index is 0.141. The molecule has 0 aliphatic carbocycles. The van der Waals surface area contributed by atoms with E-state index in [1.54, 1.807) is 7.11 Å². The van der Waals surface area contributed by atoms with Gasteiger partial charge in [-0.25, -0.2) is 0 Å². The van der Waals surface area contributed by atoms with E-state index in [4.69, 9.17) is 9.26 Å². The van der Waals surface area contributed by atoms with Crippen molar-refractivity contribution in [2.75, 3.05) is 7.11 Å². The van der Waals surface area contributed by atoms with Crippen molar-refractivity contribution in [1.29, 1.82) is 0 Å². The molecule has 0 bridgehead atoms. The Labute approximate surface area is 101 Å². The van der Waals surface area contributed by atoms with Crippen molar-refractivity contribution >= 4 is 15.9 Å². The van der Waals surface area contributed by atoms with Gasteiger partial charge in [-0.1, -0.05) is 17.3 Å². The highest BCUT2D eigenvalue weighted by Gasteiger charge is 2.17. The van der Waals surface area contributed by atoms with E-state index < -0.39 is 0 Å². The predicted molar refractivity (Wildman–Crippen MR) is 62.1 cm³/mol. The first-order valence-electron chi connectivity index (χ1n) is 4.66. The maximum absolute atomic E-state index is 9.24. The van der Waals surface area contributed by atoms with Crippen molar-refractivity contribution in [2.24, 2.45) is 0 Å². The molecule has 4 nitrogen and oxygen atoms in total. The summed E-state index contributed by atoms with van der Waals surface area (Å²) < 4.78 is 10.7. The normalized spacial score (nSPS) is 10.4. The summed E-state index contributed by atoms with van der Waals surface area (Å²) in [6, 6.07) is 7.44. The van der Waals surface area contributed by atoms with E-state index in [9.17, 15) is 5.11 Å². The number of rotatable bonds is 3. The van der Waals surface area contributed by atoms with Crippen LogP contribution in [0.3, 0.4) is 0 Å². The monoisotopic (exact) mass is 283 g/mol. The van der Waals surface area contributed by atoms with Gasteiger partial charge in [0.1, 0.15) is 11.4 Å². The highest BCUT2D eigenvalue weighted by molar-refractivity contribution is 9.10. The van der Waals surface area contributed by atoms with E-state index >= 15 is 0 Å². The van der Waals surface area contributed by atoms with Gasteiger partial charge in [0.15, 0.2) is 0 Å². The zero-order valence-corrected chi connectivity index (χ0v) is 10.2. The standard InChI is InChI=1S/C11H10BrNO3/c1-15-9-5-3-2-4-7(9)10-8(6-14)11(12)16-13-10/h2-5,14H,6H2,1H3. The molecule has 0 fully saturated rings. The summed E-state index contributed by atoms with van der Waals surface area (Å²) in [6.45, 7) is -0.141. The van der Waals surface area contributed by atoms with E-state index in [0.717, 1.165) is 5.56 Å². The number of nitrogens with zero attached hydrogens (tertiary/aromatic N) is 1. The van der Waals surface area contributed by atoms with E-state index in [1.807, 2.05) is 24.3 Å². The summed E-state index contributed by atoms with van der Waals surface area (Å²) in [5.74, 6) is 0.693. The molecule has 1 heterocycles. The van der Waals surface area contributed by atoms with Crippen LogP contribution >= 0.6 is 15.9 Å². The number of aromatic nitrogens is 1. The Hall–Kier alpha value is -1.33. The Morgan fingerprint density at radius 1 is 1.44 bits per heavy atom. The van der Waals surface area contributed by atoms with E-state index in [0.29, 0.717) is 21.7 Å². The van der Waals surface area contributed by atoms with Crippen LogP contribution < -0.4 is 4.74 Å². The smallest absolute Gasteiger partial charge is 0.208 e. The maximum atomic E-state index is 9.24. The summed E-state index contributed by atoms with van der Waals surface area (Å²) in [7, 11) is 1.59. The predicted octanol–water partition coefficient (Wildman–Crippen LogP) is 2.61. The molecular weight excluding hydrogens is 274 g/mol. The van der Waals surface area contributed by atoms with Crippen LogP contribution in [0.25, 0.3) is 11.3 Å². The maximum Gasteiger partial charge on any atom is 0.208 e. The molecule has 0 unspecified atom stereocenters. The third kappa shape index (κ3) is 1.83. The summed E-state index contributed by atoms with van der Waals surface area (Å²) in [6.07, 6.45) is 0. The van der Waals surface area contributed by atoms with Crippen molar-refractivity contribution in [3.8, 4) is 17.0 Å².